The van der Waals surface area contributed by atoms with Crippen LogP contribution in [0.4, 0.5) is 0 Å². The Bertz CT molecular complexity index is 677. The quantitative estimate of drug-likeness (QED) is 0.580. The van der Waals surface area contributed by atoms with Crippen LogP contribution in [0.25, 0.3) is 22.3 Å². The first-order valence-corrected chi connectivity index (χ1v) is 5.81. The number of fused-ring (bicyclic) bond motifs is 1. The number of hydrogen-bond acceptors (Lipinski definition) is 1. The second-order valence-electron chi connectivity index (χ2n) is 4.42. The van der Waals surface area contributed by atoms with Crippen LogP contribution in [0, 0.1) is 13.8 Å². The Balaban J connectivity index is 2.26. The van der Waals surface area contributed by atoms with Gasteiger partial charge in [0.1, 0.15) is 11.3 Å². The number of para-hydroxylation sites is 1. The third-order valence-corrected chi connectivity index (χ3v) is 3.15. The molecular formula is C16H14O. The molecule has 3 aromatic rings. The normalized spacial score (nSPS) is 10.9. The molecule has 0 saturated carbocycles. The van der Waals surface area contributed by atoms with Crippen molar-refractivity contribution < 1.29 is 4.42 Å². The zero-order valence-corrected chi connectivity index (χ0v) is 10.0. The van der Waals surface area contributed by atoms with E-state index in [9.17, 15) is 0 Å². The molecule has 0 aliphatic carbocycles. The van der Waals surface area contributed by atoms with E-state index in [1.807, 2.05) is 12.1 Å². The molecule has 0 spiro atoms. The van der Waals surface area contributed by atoms with Gasteiger partial charge in [-0.1, -0.05) is 42.5 Å². The Morgan fingerprint density at radius 1 is 0.824 bits per heavy atom. The van der Waals surface area contributed by atoms with Gasteiger partial charge in [0.25, 0.3) is 0 Å². The summed E-state index contributed by atoms with van der Waals surface area (Å²) < 4.78 is 5.97. The lowest BCUT2D eigenvalue weighted by atomic mass is 10.1. The molecule has 0 aliphatic heterocycles. The standard InChI is InChI=1S/C16H14O/c1-11-6-3-4-9-14(11)15-10-13-8-5-7-12(2)16(13)17-15/h3-10H,1-2H3. The summed E-state index contributed by atoms with van der Waals surface area (Å²) in [6.07, 6.45) is 0. The van der Waals surface area contributed by atoms with Crippen LogP contribution in [0.15, 0.2) is 52.9 Å². The zero-order chi connectivity index (χ0) is 11.8. The summed E-state index contributed by atoms with van der Waals surface area (Å²) in [6.45, 7) is 4.18. The molecular weight excluding hydrogens is 208 g/mol. The van der Waals surface area contributed by atoms with Gasteiger partial charge in [0, 0.05) is 10.9 Å². The molecule has 1 nitrogen and oxygen atoms in total. The highest BCUT2D eigenvalue weighted by molar-refractivity contribution is 5.85. The van der Waals surface area contributed by atoms with E-state index in [1.165, 1.54) is 22.1 Å². The second kappa shape index (κ2) is 3.77. The smallest absolute Gasteiger partial charge is 0.137 e. The molecule has 2 aromatic carbocycles. The minimum Gasteiger partial charge on any atom is -0.456 e. The summed E-state index contributed by atoms with van der Waals surface area (Å²) in [5, 5.41) is 1.17. The molecule has 0 aliphatic rings. The number of aryl methyl sites for hydroxylation is 2. The van der Waals surface area contributed by atoms with E-state index in [-0.39, 0.29) is 0 Å². The highest BCUT2D eigenvalue weighted by Crippen LogP contribution is 2.31. The lowest BCUT2D eigenvalue weighted by molar-refractivity contribution is 0.628. The van der Waals surface area contributed by atoms with Gasteiger partial charge >= 0.3 is 0 Å². The van der Waals surface area contributed by atoms with E-state index < -0.39 is 0 Å². The highest BCUT2D eigenvalue weighted by Gasteiger charge is 2.08. The highest BCUT2D eigenvalue weighted by atomic mass is 16.3. The van der Waals surface area contributed by atoms with Gasteiger partial charge in [-0.15, -0.1) is 0 Å². The van der Waals surface area contributed by atoms with E-state index in [0.29, 0.717) is 0 Å². The van der Waals surface area contributed by atoms with Crippen LogP contribution in [0.3, 0.4) is 0 Å². The van der Waals surface area contributed by atoms with E-state index in [0.717, 1.165) is 11.3 Å². The van der Waals surface area contributed by atoms with Gasteiger partial charge in [-0.2, -0.15) is 0 Å². The van der Waals surface area contributed by atoms with Crippen molar-refractivity contribution in [2.24, 2.45) is 0 Å². The molecule has 1 heteroatoms. The summed E-state index contributed by atoms with van der Waals surface area (Å²) in [5.41, 5.74) is 4.58. The number of furan rings is 1. The maximum absolute atomic E-state index is 5.97. The number of benzene rings is 2. The van der Waals surface area contributed by atoms with Gasteiger partial charge in [-0.05, 0) is 31.0 Å². The summed E-state index contributed by atoms with van der Waals surface area (Å²) >= 11 is 0. The largest absolute Gasteiger partial charge is 0.456 e. The van der Waals surface area contributed by atoms with E-state index >= 15 is 0 Å². The molecule has 0 saturated heterocycles. The first kappa shape index (κ1) is 10.2. The molecule has 0 unspecified atom stereocenters. The van der Waals surface area contributed by atoms with Crippen LogP contribution in [0.2, 0.25) is 0 Å². The van der Waals surface area contributed by atoms with Crippen molar-refractivity contribution in [3.8, 4) is 11.3 Å². The third-order valence-electron chi connectivity index (χ3n) is 3.15. The van der Waals surface area contributed by atoms with E-state index in [1.54, 1.807) is 0 Å². The van der Waals surface area contributed by atoms with Crippen molar-refractivity contribution in [2.75, 3.05) is 0 Å². The molecule has 0 bridgehead atoms. The average molecular weight is 222 g/mol. The molecule has 0 N–H and O–H groups in total. The van der Waals surface area contributed by atoms with Crippen LogP contribution < -0.4 is 0 Å². The number of rotatable bonds is 1. The van der Waals surface area contributed by atoms with Crippen molar-refractivity contribution in [2.45, 2.75) is 13.8 Å². The second-order valence-corrected chi connectivity index (χ2v) is 4.42. The average Bonchev–Trinajstić information content (AvgIpc) is 2.75. The van der Waals surface area contributed by atoms with Crippen molar-refractivity contribution in [3.05, 3.63) is 59.7 Å². The Morgan fingerprint density at radius 3 is 2.35 bits per heavy atom. The molecule has 17 heavy (non-hydrogen) atoms. The predicted octanol–water partition coefficient (Wildman–Crippen LogP) is 4.72. The first-order chi connectivity index (χ1) is 8.25. The third kappa shape index (κ3) is 1.64. The van der Waals surface area contributed by atoms with Crippen molar-refractivity contribution >= 4 is 11.0 Å². The predicted molar refractivity (Wildman–Crippen MR) is 71.1 cm³/mol. The van der Waals surface area contributed by atoms with E-state index in [2.05, 4.69) is 50.2 Å². The SMILES string of the molecule is Cc1ccccc1-c1cc2cccc(C)c2o1. The summed E-state index contributed by atoms with van der Waals surface area (Å²) in [5.74, 6) is 0.951. The zero-order valence-electron chi connectivity index (χ0n) is 10.0. The van der Waals surface area contributed by atoms with Gasteiger partial charge in [-0.25, -0.2) is 0 Å². The Kier molecular flexibility index (Phi) is 2.25. The maximum Gasteiger partial charge on any atom is 0.137 e. The van der Waals surface area contributed by atoms with Gasteiger partial charge in [0.05, 0.1) is 0 Å². The molecule has 1 aromatic heterocycles. The van der Waals surface area contributed by atoms with Gasteiger partial charge in [0.2, 0.25) is 0 Å². The molecule has 0 fully saturated rings. The fourth-order valence-corrected chi connectivity index (χ4v) is 2.19. The first-order valence-electron chi connectivity index (χ1n) is 5.81. The fourth-order valence-electron chi connectivity index (χ4n) is 2.19. The van der Waals surface area contributed by atoms with Gasteiger partial charge in [0.15, 0.2) is 0 Å². The Morgan fingerprint density at radius 2 is 1.59 bits per heavy atom. The van der Waals surface area contributed by atoms with Crippen LogP contribution >= 0.6 is 0 Å². The van der Waals surface area contributed by atoms with Crippen molar-refractivity contribution in [1.82, 2.24) is 0 Å². The summed E-state index contributed by atoms with van der Waals surface area (Å²) in [4.78, 5) is 0. The van der Waals surface area contributed by atoms with Crippen LogP contribution in [-0.4, -0.2) is 0 Å². The topological polar surface area (TPSA) is 13.1 Å². The Hall–Kier alpha value is -2.02. The van der Waals surface area contributed by atoms with Crippen LogP contribution in [0.5, 0.6) is 0 Å². The van der Waals surface area contributed by atoms with Gasteiger partial charge < -0.3 is 4.42 Å². The fraction of sp³-hybridized carbons (Fsp3) is 0.125. The minimum absolute atomic E-state index is 0.951. The lowest BCUT2D eigenvalue weighted by Gasteiger charge is -2.00. The molecule has 0 radical (unpaired) electrons. The number of hydrogen-bond donors (Lipinski definition) is 0. The summed E-state index contributed by atoms with van der Waals surface area (Å²) in [7, 11) is 0. The van der Waals surface area contributed by atoms with Gasteiger partial charge in [-0.3, -0.25) is 0 Å². The molecule has 84 valence electrons. The van der Waals surface area contributed by atoms with Crippen molar-refractivity contribution in [1.29, 1.82) is 0 Å². The molecule has 0 atom stereocenters. The minimum atomic E-state index is 0.951. The molecule has 0 amide bonds. The maximum atomic E-state index is 5.97. The lowest BCUT2D eigenvalue weighted by Crippen LogP contribution is -1.78. The molecule has 1 heterocycles. The van der Waals surface area contributed by atoms with Crippen LogP contribution in [0.1, 0.15) is 11.1 Å². The molecule has 3 rings (SSSR count). The Labute approximate surface area is 101 Å². The summed E-state index contributed by atoms with van der Waals surface area (Å²) in [6, 6.07) is 16.6. The van der Waals surface area contributed by atoms with E-state index in [4.69, 9.17) is 4.42 Å². The monoisotopic (exact) mass is 222 g/mol. The van der Waals surface area contributed by atoms with Crippen molar-refractivity contribution in [3.63, 3.8) is 0 Å². The van der Waals surface area contributed by atoms with Crippen LogP contribution in [-0.2, 0) is 0 Å².